The monoisotopic (exact) mass is 232 g/mol. The highest BCUT2D eigenvalue weighted by Gasteiger charge is 2.21. The standard InChI is InChI=1S/C14H20N2O/c1-10(11-8-6-7-9-12(11)15)17-13(16-5)14(2,3)4/h6-9H,1,15H2,2-5H3. The zero-order chi connectivity index (χ0) is 13.1. The second kappa shape index (κ2) is 5.04. The van der Waals surface area contributed by atoms with E-state index in [1.54, 1.807) is 7.05 Å². The summed E-state index contributed by atoms with van der Waals surface area (Å²) in [5.74, 6) is 1.17. The zero-order valence-electron chi connectivity index (χ0n) is 10.9. The predicted molar refractivity (Wildman–Crippen MR) is 73.8 cm³/mol. The van der Waals surface area contributed by atoms with Gasteiger partial charge in [-0.05, 0) is 12.1 Å². The van der Waals surface area contributed by atoms with Crippen LogP contribution in [0.25, 0.3) is 5.76 Å². The Bertz CT molecular complexity index is 442. The fourth-order valence-electron chi connectivity index (χ4n) is 1.46. The Morgan fingerprint density at radius 2 is 1.88 bits per heavy atom. The van der Waals surface area contributed by atoms with Crippen LogP contribution in [0.1, 0.15) is 26.3 Å². The van der Waals surface area contributed by atoms with Gasteiger partial charge in [-0.1, -0.05) is 39.5 Å². The molecule has 0 amide bonds. The van der Waals surface area contributed by atoms with Crippen molar-refractivity contribution in [2.45, 2.75) is 20.8 Å². The van der Waals surface area contributed by atoms with Crippen molar-refractivity contribution in [3.8, 4) is 0 Å². The second-order valence-corrected chi connectivity index (χ2v) is 4.89. The van der Waals surface area contributed by atoms with Gasteiger partial charge in [-0.3, -0.25) is 4.99 Å². The van der Waals surface area contributed by atoms with Gasteiger partial charge in [-0.15, -0.1) is 0 Å². The maximum Gasteiger partial charge on any atom is 0.195 e. The van der Waals surface area contributed by atoms with Gasteiger partial charge in [0.25, 0.3) is 0 Å². The Labute approximate surface area is 103 Å². The van der Waals surface area contributed by atoms with Crippen LogP contribution in [0.3, 0.4) is 0 Å². The van der Waals surface area contributed by atoms with Gasteiger partial charge in [-0.25, -0.2) is 0 Å². The topological polar surface area (TPSA) is 47.6 Å². The lowest BCUT2D eigenvalue weighted by atomic mass is 9.96. The Morgan fingerprint density at radius 3 is 2.35 bits per heavy atom. The van der Waals surface area contributed by atoms with Crippen LogP contribution in [-0.2, 0) is 4.74 Å². The van der Waals surface area contributed by atoms with Crippen molar-refractivity contribution < 1.29 is 4.74 Å². The molecule has 2 N–H and O–H groups in total. The number of para-hydroxylation sites is 1. The molecule has 3 nitrogen and oxygen atoms in total. The van der Waals surface area contributed by atoms with E-state index in [1.807, 2.05) is 45.0 Å². The number of nitrogens with zero attached hydrogens (tertiary/aromatic N) is 1. The van der Waals surface area contributed by atoms with Gasteiger partial charge in [0.15, 0.2) is 5.90 Å². The number of hydrogen-bond donors (Lipinski definition) is 1. The van der Waals surface area contributed by atoms with Crippen molar-refractivity contribution in [2.24, 2.45) is 10.4 Å². The van der Waals surface area contributed by atoms with Crippen LogP contribution in [0.15, 0.2) is 35.8 Å². The molecule has 0 aromatic heterocycles. The molecule has 0 spiro atoms. The highest BCUT2D eigenvalue weighted by molar-refractivity contribution is 5.87. The zero-order valence-corrected chi connectivity index (χ0v) is 10.9. The van der Waals surface area contributed by atoms with E-state index >= 15 is 0 Å². The lowest BCUT2D eigenvalue weighted by Gasteiger charge is -2.22. The van der Waals surface area contributed by atoms with E-state index in [4.69, 9.17) is 10.5 Å². The van der Waals surface area contributed by atoms with Crippen molar-refractivity contribution in [3.05, 3.63) is 36.4 Å². The van der Waals surface area contributed by atoms with Crippen LogP contribution in [0.5, 0.6) is 0 Å². The first-order valence-corrected chi connectivity index (χ1v) is 5.55. The third-order valence-electron chi connectivity index (χ3n) is 2.33. The van der Waals surface area contributed by atoms with Gasteiger partial charge >= 0.3 is 0 Å². The van der Waals surface area contributed by atoms with Gasteiger partial charge in [-0.2, -0.15) is 0 Å². The van der Waals surface area contributed by atoms with Crippen molar-refractivity contribution in [1.29, 1.82) is 0 Å². The molecule has 0 aliphatic rings. The lowest BCUT2D eigenvalue weighted by Crippen LogP contribution is -2.22. The molecule has 17 heavy (non-hydrogen) atoms. The van der Waals surface area contributed by atoms with Crippen molar-refractivity contribution in [2.75, 3.05) is 12.8 Å². The summed E-state index contributed by atoms with van der Waals surface area (Å²) in [5, 5.41) is 0. The van der Waals surface area contributed by atoms with E-state index < -0.39 is 0 Å². The number of anilines is 1. The molecule has 0 fully saturated rings. The summed E-state index contributed by atoms with van der Waals surface area (Å²) in [6.07, 6.45) is 0. The minimum Gasteiger partial charge on any atom is -0.443 e. The minimum absolute atomic E-state index is 0.152. The third-order valence-corrected chi connectivity index (χ3v) is 2.33. The Balaban J connectivity index is 2.91. The normalized spacial score (nSPS) is 12.4. The van der Waals surface area contributed by atoms with E-state index in [2.05, 4.69) is 11.6 Å². The number of rotatable bonds is 2. The van der Waals surface area contributed by atoms with Gasteiger partial charge in [0.2, 0.25) is 0 Å². The molecule has 0 heterocycles. The van der Waals surface area contributed by atoms with Crippen LogP contribution in [-0.4, -0.2) is 12.9 Å². The van der Waals surface area contributed by atoms with E-state index in [0.29, 0.717) is 17.3 Å². The van der Waals surface area contributed by atoms with Crippen LogP contribution in [0, 0.1) is 5.41 Å². The molecule has 0 bridgehead atoms. The summed E-state index contributed by atoms with van der Waals surface area (Å²) < 4.78 is 5.71. The predicted octanol–water partition coefficient (Wildman–Crippen LogP) is 3.33. The van der Waals surface area contributed by atoms with Gasteiger partial charge in [0.05, 0.1) is 0 Å². The summed E-state index contributed by atoms with van der Waals surface area (Å²) >= 11 is 0. The number of aliphatic imine (C=N–C) groups is 1. The minimum atomic E-state index is -0.152. The second-order valence-electron chi connectivity index (χ2n) is 4.89. The molecule has 1 aromatic carbocycles. The first-order chi connectivity index (χ1) is 7.86. The third kappa shape index (κ3) is 3.34. The first kappa shape index (κ1) is 13.3. The quantitative estimate of drug-likeness (QED) is 0.368. The molecule has 0 aliphatic heterocycles. The van der Waals surface area contributed by atoms with Crippen LogP contribution < -0.4 is 5.73 Å². The largest absolute Gasteiger partial charge is 0.443 e. The molecule has 92 valence electrons. The molecular weight excluding hydrogens is 212 g/mol. The molecule has 0 saturated heterocycles. The SMILES string of the molecule is C=C(OC(=NC)C(C)(C)C)c1ccccc1N. The lowest BCUT2D eigenvalue weighted by molar-refractivity contribution is 0.406. The molecule has 3 heteroatoms. The number of nitrogens with two attached hydrogens (primary N) is 1. The van der Waals surface area contributed by atoms with E-state index in [0.717, 1.165) is 5.56 Å². The Hall–Kier alpha value is -1.77. The smallest absolute Gasteiger partial charge is 0.195 e. The van der Waals surface area contributed by atoms with Crippen molar-refractivity contribution in [1.82, 2.24) is 0 Å². The Morgan fingerprint density at radius 1 is 1.29 bits per heavy atom. The number of nitrogen functional groups attached to an aromatic ring is 1. The summed E-state index contributed by atoms with van der Waals surface area (Å²) in [6, 6.07) is 7.49. The molecule has 1 rings (SSSR count). The van der Waals surface area contributed by atoms with Crippen LogP contribution >= 0.6 is 0 Å². The van der Waals surface area contributed by atoms with E-state index in [9.17, 15) is 0 Å². The fraction of sp³-hybridized carbons (Fsp3) is 0.357. The summed E-state index contributed by atoms with van der Waals surface area (Å²) in [4.78, 5) is 4.15. The van der Waals surface area contributed by atoms with E-state index in [-0.39, 0.29) is 5.41 Å². The molecule has 0 aliphatic carbocycles. The first-order valence-electron chi connectivity index (χ1n) is 5.55. The fourth-order valence-corrected chi connectivity index (χ4v) is 1.46. The van der Waals surface area contributed by atoms with Crippen molar-refractivity contribution >= 4 is 17.3 Å². The van der Waals surface area contributed by atoms with Gasteiger partial charge < -0.3 is 10.5 Å². The number of ether oxygens (including phenoxy) is 1. The maximum atomic E-state index is 5.87. The van der Waals surface area contributed by atoms with Crippen LogP contribution in [0.2, 0.25) is 0 Å². The summed E-state index contributed by atoms with van der Waals surface area (Å²) in [5.41, 5.74) is 7.17. The molecular formula is C14H20N2O. The number of hydrogen-bond acceptors (Lipinski definition) is 3. The van der Waals surface area contributed by atoms with Crippen LogP contribution in [0.4, 0.5) is 5.69 Å². The molecule has 0 saturated carbocycles. The highest BCUT2D eigenvalue weighted by Crippen LogP contribution is 2.25. The molecule has 0 atom stereocenters. The van der Waals surface area contributed by atoms with Crippen molar-refractivity contribution in [3.63, 3.8) is 0 Å². The molecule has 0 unspecified atom stereocenters. The van der Waals surface area contributed by atoms with Gasteiger partial charge in [0, 0.05) is 23.7 Å². The average Bonchev–Trinajstić information content (AvgIpc) is 2.24. The average molecular weight is 232 g/mol. The maximum absolute atomic E-state index is 5.87. The highest BCUT2D eigenvalue weighted by atomic mass is 16.5. The van der Waals surface area contributed by atoms with E-state index in [1.165, 1.54) is 0 Å². The Kier molecular flexibility index (Phi) is 3.94. The summed E-state index contributed by atoms with van der Waals surface area (Å²) in [7, 11) is 1.71. The number of benzene rings is 1. The molecule has 0 radical (unpaired) electrons. The molecule has 1 aromatic rings. The van der Waals surface area contributed by atoms with Gasteiger partial charge in [0.1, 0.15) is 5.76 Å². The summed E-state index contributed by atoms with van der Waals surface area (Å²) in [6.45, 7) is 10.0.